The molecule has 110 valence electrons. The van der Waals surface area contributed by atoms with Crippen molar-refractivity contribution in [2.45, 2.75) is 30.2 Å². The van der Waals surface area contributed by atoms with E-state index in [0.29, 0.717) is 12.8 Å². The Morgan fingerprint density at radius 1 is 1.40 bits per heavy atom. The molecule has 1 aromatic rings. The summed E-state index contributed by atoms with van der Waals surface area (Å²) in [7, 11) is -4.02. The van der Waals surface area contributed by atoms with Crippen molar-refractivity contribution < 1.29 is 22.7 Å². The largest absolute Gasteiger partial charge is 0.481 e. The summed E-state index contributed by atoms with van der Waals surface area (Å²) in [4.78, 5) is 10.3. The first kappa shape index (κ1) is 15.2. The summed E-state index contributed by atoms with van der Waals surface area (Å²) in [6.45, 7) is 0. The molecule has 1 fully saturated rings. The van der Waals surface area contributed by atoms with Crippen molar-refractivity contribution in [2.24, 2.45) is 5.92 Å². The van der Waals surface area contributed by atoms with E-state index in [9.17, 15) is 17.6 Å². The van der Waals surface area contributed by atoms with E-state index in [-0.39, 0.29) is 11.4 Å². The lowest BCUT2D eigenvalue weighted by Crippen LogP contribution is -2.33. The molecule has 2 atom stereocenters. The Morgan fingerprint density at radius 2 is 2.10 bits per heavy atom. The van der Waals surface area contributed by atoms with Crippen molar-refractivity contribution in [1.82, 2.24) is 4.72 Å². The molecule has 2 rings (SSSR count). The Hall–Kier alpha value is -1.18. The third-order valence-corrected chi connectivity index (χ3v) is 5.08. The van der Waals surface area contributed by atoms with Crippen molar-refractivity contribution in [3.8, 4) is 0 Å². The summed E-state index contributed by atoms with van der Waals surface area (Å²) >= 11 is 5.57. The fourth-order valence-electron chi connectivity index (χ4n) is 2.29. The number of carboxylic acid groups (broad SMARTS) is 1. The molecule has 0 saturated heterocycles. The van der Waals surface area contributed by atoms with Gasteiger partial charge in [-0.05, 0) is 37.5 Å². The minimum atomic E-state index is -4.02. The van der Waals surface area contributed by atoms with Crippen LogP contribution in [0.15, 0.2) is 23.1 Å². The molecule has 0 heterocycles. The first-order valence-corrected chi connectivity index (χ1v) is 7.86. The maximum Gasteiger partial charge on any atom is 0.306 e. The van der Waals surface area contributed by atoms with Crippen LogP contribution in [0.2, 0.25) is 5.02 Å². The lowest BCUT2D eigenvalue weighted by molar-refractivity contribution is -0.141. The molecule has 20 heavy (non-hydrogen) atoms. The van der Waals surface area contributed by atoms with Crippen molar-refractivity contribution in [1.29, 1.82) is 0 Å². The Morgan fingerprint density at radius 3 is 2.65 bits per heavy atom. The smallest absolute Gasteiger partial charge is 0.306 e. The fourth-order valence-corrected chi connectivity index (χ4v) is 3.79. The van der Waals surface area contributed by atoms with Crippen molar-refractivity contribution >= 4 is 27.6 Å². The Kier molecular flexibility index (Phi) is 4.31. The van der Waals surface area contributed by atoms with Gasteiger partial charge in [-0.25, -0.2) is 17.5 Å². The number of carboxylic acids is 1. The van der Waals surface area contributed by atoms with Gasteiger partial charge < -0.3 is 5.11 Å². The third kappa shape index (κ3) is 3.28. The van der Waals surface area contributed by atoms with Gasteiger partial charge in [0.1, 0.15) is 10.7 Å². The molecule has 0 aromatic heterocycles. The van der Waals surface area contributed by atoms with Gasteiger partial charge in [-0.1, -0.05) is 11.6 Å². The van der Waals surface area contributed by atoms with Crippen LogP contribution in [0.3, 0.4) is 0 Å². The minimum Gasteiger partial charge on any atom is -0.481 e. The van der Waals surface area contributed by atoms with Crippen LogP contribution in [0, 0.1) is 11.7 Å². The Labute approximate surface area is 120 Å². The molecule has 0 aliphatic heterocycles. The number of sulfonamides is 1. The highest BCUT2D eigenvalue weighted by Gasteiger charge is 2.33. The molecule has 0 bridgehead atoms. The second kappa shape index (κ2) is 5.67. The topological polar surface area (TPSA) is 83.5 Å². The summed E-state index contributed by atoms with van der Waals surface area (Å²) in [6, 6.07) is 2.80. The van der Waals surface area contributed by atoms with E-state index in [4.69, 9.17) is 16.7 Å². The maximum absolute atomic E-state index is 13.6. The second-order valence-corrected chi connectivity index (χ2v) is 6.86. The molecule has 0 unspecified atom stereocenters. The predicted octanol–water partition coefficient (Wildman–Crippen LogP) is 2.01. The van der Waals surface area contributed by atoms with E-state index in [0.717, 1.165) is 12.1 Å². The van der Waals surface area contributed by atoms with Gasteiger partial charge in [0.05, 0.1) is 5.92 Å². The standard InChI is InChI=1S/C12H13ClFNO4S/c13-8-2-4-11(10(14)6-8)20(18,19)15-9-3-1-7(5-9)12(16)17/h2,4,6-7,9,15H,1,3,5H2,(H,16,17)/t7-,9+/m1/s1. The molecule has 1 aliphatic carbocycles. The van der Waals surface area contributed by atoms with Crippen LogP contribution in [0.4, 0.5) is 4.39 Å². The zero-order valence-electron chi connectivity index (χ0n) is 10.3. The SMILES string of the molecule is O=C(O)[C@@H]1CC[C@H](NS(=O)(=O)c2ccc(Cl)cc2F)C1. The Bertz CT molecular complexity index is 634. The van der Waals surface area contributed by atoms with E-state index in [1.54, 1.807) is 0 Å². The lowest BCUT2D eigenvalue weighted by atomic mass is 10.1. The van der Waals surface area contributed by atoms with Gasteiger partial charge >= 0.3 is 5.97 Å². The van der Waals surface area contributed by atoms with Gasteiger partial charge in [0.15, 0.2) is 0 Å². The number of benzene rings is 1. The van der Waals surface area contributed by atoms with Crippen LogP contribution in [-0.4, -0.2) is 25.5 Å². The summed E-state index contributed by atoms with van der Waals surface area (Å²) in [5, 5.41) is 8.97. The van der Waals surface area contributed by atoms with Gasteiger partial charge in [-0.3, -0.25) is 4.79 Å². The normalized spacial score (nSPS) is 22.9. The maximum atomic E-state index is 13.6. The highest BCUT2D eigenvalue weighted by atomic mass is 35.5. The van der Waals surface area contributed by atoms with Crippen molar-refractivity contribution in [3.05, 3.63) is 29.0 Å². The zero-order valence-corrected chi connectivity index (χ0v) is 11.9. The average Bonchev–Trinajstić information content (AvgIpc) is 2.76. The quantitative estimate of drug-likeness (QED) is 0.888. The molecule has 1 aliphatic rings. The Balaban J connectivity index is 2.14. The van der Waals surface area contributed by atoms with E-state index in [1.807, 2.05) is 0 Å². The lowest BCUT2D eigenvalue weighted by Gasteiger charge is -2.13. The molecule has 5 nitrogen and oxygen atoms in total. The number of carbonyl (C=O) groups is 1. The molecule has 2 N–H and O–H groups in total. The number of hydrogen-bond donors (Lipinski definition) is 2. The summed E-state index contributed by atoms with van der Waals surface area (Å²) < 4.78 is 40.1. The summed E-state index contributed by atoms with van der Waals surface area (Å²) in [5.74, 6) is -2.43. The molecular formula is C12H13ClFNO4S. The van der Waals surface area contributed by atoms with Gasteiger partial charge in [0, 0.05) is 11.1 Å². The van der Waals surface area contributed by atoms with Crippen LogP contribution in [-0.2, 0) is 14.8 Å². The fraction of sp³-hybridized carbons (Fsp3) is 0.417. The highest BCUT2D eigenvalue weighted by Crippen LogP contribution is 2.27. The first-order valence-electron chi connectivity index (χ1n) is 6.00. The second-order valence-electron chi connectivity index (χ2n) is 4.74. The third-order valence-electron chi connectivity index (χ3n) is 3.29. The van der Waals surface area contributed by atoms with Gasteiger partial charge in [0.2, 0.25) is 10.0 Å². The monoisotopic (exact) mass is 321 g/mol. The van der Waals surface area contributed by atoms with Crippen molar-refractivity contribution in [3.63, 3.8) is 0 Å². The number of halogens is 2. The molecule has 1 saturated carbocycles. The van der Waals surface area contributed by atoms with Crippen molar-refractivity contribution in [2.75, 3.05) is 0 Å². The molecule has 8 heteroatoms. The molecule has 0 spiro atoms. The number of aliphatic carboxylic acids is 1. The van der Waals surface area contributed by atoms with E-state index >= 15 is 0 Å². The van der Waals surface area contributed by atoms with E-state index < -0.39 is 38.7 Å². The molecule has 0 radical (unpaired) electrons. The van der Waals surface area contributed by atoms with Crippen LogP contribution >= 0.6 is 11.6 Å². The van der Waals surface area contributed by atoms with Gasteiger partial charge in [0.25, 0.3) is 0 Å². The van der Waals surface area contributed by atoms with Crippen LogP contribution in [0.1, 0.15) is 19.3 Å². The predicted molar refractivity (Wildman–Crippen MR) is 70.5 cm³/mol. The minimum absolute atomic E-state index is 0.105. The molecular weight excluding hydrogens is 309 g/mol. The molecule has 1 aromatic carbocycles. The number of hydrogen-bond acceptors (Lipinski definition) is 3. The van der Waals surface area contributed by atoms with E-state index in [1.165, 1.54) is 6.07 Å². The van der Waals surface area contributed by atoms with Crippen LogP contribution in [0.25, 0.3) is 0 Å². The van der Waals surface area contributed by atoms with E-state index in [2.05, 4.69) is 4.72 Å². The zero-order chi connectivity index (χ0) is 14.9. The summed E-state index contributed by atoms with van der Waals surface area (Å²) in [5.41, 5.74) is 0. The number of rotatable bonds is 4. The first-order chi connectivity index (χ1) is 9.29. The van der Waals surface area contributed by atoms with Gasteiger partial charge in [-0.15, -0.1) is 0 Å². The van der Waals surface area contributed by atoms with Crippen LogP contribution in [0.5, 0.6) is 0 Å². The average molecular weight is 322 g/mol. The number of nitrogens with one attached hydrogen (secondary N) is 1. The van der Waals surface area contributed by atoms with Gasteiger partial charge in [-0.2, -0.15) is 0 Å². The summed E-state index contributed by atoms with van der Waals surface area (Å²) in [6.07, 6.45) is 1.04. The highest BCUT2D eigenvalue weighted by molar-refractivity contribution is 7.89. The van der Waals surface area contributed by atoms with Crippen LogP contribution < -0.4 is 4.72 Å². The molecule has 0 amide bonds.